The minimum atomic E-state index is -0.0565. The van der Waals surface area contributed by atoms with Crippen LogP contribution in [0.15, 0.2) is 158 Å². The van der Waals surface area contributed by atoms with Gasteiger partial charge in [-0.05, 0) is 100 Å². The first-order chi connectivity index (χ1) is 22.1. The van der Waals surface area contributed by atoms with Crippen LogP contribution in [0.25, 0.3) is 76.8 Å². The van der Waals surface area contributed by atoms with Crippen LogP contribution in [0.3, 0.4) is 0 Å². The van der Waals surface area contributed by atoms with Crippen molar-refractivity contribution in [1.29, 1.82) is 0 Å². The van der Waals surface area contributed by atoms with Gasteiger partial charge in [-0.1, -0.05) is 159 Å². The summed E-state index contributed by atoms with van der Waals surface area (Å²) in [5.41, 5.74) is 13.1. The van der Waals surface area contributed by atoms with E-state index in [0.717, 1.165) is 0 Å². The Morgan fingerprint density at radius 1 is 0.333 bits per heavy atom. The molecule has 0 atom stereocenters. The first-order valence-electron chi connectivity index (χ1n) is 15.9. The molecule has 0 saturated heterocycles. The summed E-state index contributed by atoms with van der Waals surface area (Å²) in [5.74, 6) is 0. The molecule has 0 heteroatoms. The molecule has 0 heterocycles. The van der Waals surface area contributed by atoms with Crippen LogP contribution in [0, 0.1) is 0 Å². The Hall–Kier alpha value is -5.46. The molecule has 0 saturated carbocycles. The van der Waals surface area contributed by atoms with E-state index in [1.54, 1.807) is 0 Å². The molecule has 0 aromatic heterocycles. The van der Waals surface area contributed by atoms with E-state index in [0.29, 0.717) is 0 Å². The van der Waals surface area contributed by atoms with E-state index >= 15 is 0 Å². The molecule has 0 bridgehead atoms. The molecule has 1 aliphatic carbocycles. The number of hydrogen-bond donors (Lipinski definition) is 0. The molecule has 212 valence electrons. The van der Waals surface area contributed by atoms with Crippen LogP contribution in [-0.2, 0) is 5.41 Å². The Bertz CT molecular complexity index is 2440. The highest BCUT2D eigenvalue weighted by Gasteiger charge is 2.35. The molecule has 8 aromatic carbocycles. The lowest BCUT2D eigenvalue weighted by molar-refractivity contribution is 0.660. The highest BCUT2D eigenvalue weighted by molar-refractivity contribution is 6.22. The highest BCUT2D eigenvalue weighted by Crippen LogP contribution is 2.51. The summed E-state index contributed by atoms with van der Waals surface area (Å²) in [7, 11) is 0. The van der Waals surface area contributed by atoms with Crippen LogP contribution in [0.2, 0.25) is 0 Å². The predicted octanol–water partition coefficient (Wildman–Crippen LogP) is 12.5. The quantitative estimate of drug-likeness (QED) is 0.185. The van der Waals surface area contributed by atoms with Crippen molar-refractivity contribution in [3.05, 3.63) is 169 Å². The number of rotatable bonds is 3. The standard InChI is InChI=1S/C45H32/c1-45(2)41-22-11-10-18-35(41)36-25-24-32(28-42(36)45)44-38-20-9-8-19-37(38)43(30-14-4-3-5-15-30)40-27-31(23-26-39(40)44)34-21-12-16-29-13-6-7-17-33(29)34/h3-28H,1-2H3. The summed E-state index contributed by atoms with van der Waals surface area (Å²) < 4.78 is 0. The van der Waals surface area contributed by atoms with Crippen LogP contribution in [-0.4, -0.2) is 0 Å². The third-order valence-electron chi connectivity index (χ3n) is 10.1. The van der Waals surface area contributed by atoms with Gasteiger partial charge in [0, 0.05) is 5.41 Å². The number of fused-ring (bicyclic) bond motifs is 6. The van der Waals surface area contributed by atoms with E-state index in [-0.39, 0.29) is 5.41 Å². The smallest absolute Gasteiger partial charge is 0.0159 e. The minimum absolute atomic E-state index is 0.0565. The zero-order valence-corrected chi connectivity index (χ0v) is 25.5. The summed E-state index contributed by atoms with van der Waals surface area (Å²) in [6.07, 6.45) is 0. The van der Waals surface area contributed by atoms with Crippen molar-refractivity contribution in [2.24, 2.45) is 0 Å². The van der Waals surface area contributed by atoms with Crippen molar-refractivity contribution < 1.29 is 0 Å². The average Bonchev–Trinajstić information content (AvgIpc) is 3.32. The van der Waals surface area contributed by atoms with Crippen molar-refractivity contribution in [3.8, 4) is 44.5 Å². The van der Waals surface area contributed by atoms with Crippen LogP contribution in [0.1, 0.15) is 25.0 Å². The summed E-state index contributed by atoms with van der Waals surface area (Å²) in [5, 5.41) is 7.67. The second-order valence-electron chi connectivity index (χ2n) is 12.9. The van der Waals surface area contributed by atoms with E-state index in [9.17, 15) is 0 Å². The maximum atomic E-state index is 2.47. The summed E-state index contributed by atoms with van der Waals surface area (Å²) in [6, 6.07) is 58.4. The van der Waals surface area contributed by atoms with E-state index < -0.39 is 0 Å². The van der Waals surface area contributed by atoms with Gasteiger partial charge in [0.2, 0.25) is 0 Å². The van der Waals surface area contributed by atoms with Gasteiger partial charge >= 0.3 is 0 Å². The lowest BCUT2D eigenvalue weighted by Gasteiger charge is -2.23. The molecule has 0 N–H and O–H groups in total. The van der Waals surface area contributed by atoms with Gasteiger partial charge in [-0.3, -0.25) is 0 Å². The van der Waals surface area contributed by atoms with E-state index in [1.165, 1.54) is 88.0 Å². The Morgan fingerprint density at radius 2 is 0.911 bits per heavy atom. The van der Waals surface area contributed by atoms with Gasteiger partial charge in [-0.25, -0.2) is 0 Å². The molecule has 8 aromatic rings. The van der Waals surface area contributed by atoms with Crippen molar-refractivity contribution in [3.63, 3.8) is 0 Å². The molecule has 0 aliphatic heterocycles. The largest absolute Gasteiger partial charge is 0.0622 e. The zero-order valence-electron chi connectivity index (χ0n) is 25.5. The molecule has 0 unspecified atom stereocenters. The fourth-order valence-corrected chi connectivity index (χ4v) is 7.91. The van der Waals surface area contributed by atoms with Gasteiger partial charge in [-0.15, -0.1) is 0 Å². The fraction of sp³-hybridized carbons (Fsp3) is 0.0667. The first-order valence-corrected chi connectivity index (χ1v) is 15.9. The lowest BCUT2D eigenvalue weighted by atomic mass is 9.80. The third kappa shape index (κ3) is 3.85. The van der Waals surface area contributed by atoms with Crippen LogP contribution < -0.4 is 0 Å². The fourth-order valence-electron chi connectivity index (χ4n) is 7.91. The normalized spacial score (nSPS) is 13.3. The maximum absolute atomic E-state index is 2.47. The van der Waals surface area contributed by atoms with Crippen molar-refractivity contribution in [2.45, 2.75) is 19.3 Å². The molecule has 45 heavy (non-hydrogen) atoms. The van der Waals surface area contributed by atoms with Gasteiger partial charge in [0.15, 0.2) is 0 Å². The number of hydrogen-bond acceptors (Lipinski definition) is 0. The van der Waals surface area contributed by atoms with E-state index in [4.69, 9.17) is 0 Å². The van der Waals surface area contributed by atoms with Crippen LogP contribution >= 0.6 is 0 Å². The van der Waals surface area contributed by atoms with Gasteiger partial charge in [-0.2, -0.15) is 0 Å². The molecule has 0 fully saturated rings. The van der Waals surface area contributed by atoms with E-state index in [2.05, 4.69) is 172 Å². The maximum Gasteiger partial charge on any atom is 0.0159 e. The highest BCUT2D eigenvalue weighted by atomic mass is 14.4. The third-order valence-corrected chi connectivity index (χ3v) is 10.1. The predicted molar refractivity (Wildman–Crippen MR) is 193 cm³/mol. The summed E-state index contributed by atoms with van der Waals surface area (Å²) in [6.45, 7) is 4.74. The minimum Gasteiger partial charge on any atom is -0.0622 e. The second kappa shape index (κ2) is 9.78. The summed E-state index contributed by atoms with van der Waals surface area (Å²) in [4.78, 5) is 0. The topological polar surface area (TPSA) is 0 Å². The average molecular weight is 573 g/mol. The second-order valence-corrected chi connectivity index (χ2v) is 12.9. The van der Waals surface area contributed by atoms with Crippen LogP contribution in [0.4, 0.5) is 0 Å². The molecular weight excluding hydrogens is 540 g/mol. The monoisotopic (exact) mass is 572 g/mol. The van der Waals surface area contributed by atoms with Crippen molar-refractivity contribution in [2.75, 3.05) is 0 Å². The first kappa shape index (κ1) is 26.0. The molecule has 1 aliphatic rings. The Labute approximate surface area is 264 Å². The van der Waals surface area contributed by atoms with E-state index in [1.807, 2.05) is 0 Å². The molecule has 9 rings (SSSR count). The van der Waals surface area contributed by atoms with Crippen molar-refractivity contribution in [1.82, 2.24) is 0 Å². The molecular formula is C45H32. The SMILES string of the molecule is CC1(C)c2ccccc2-c2ccc(-c3c4ccccc4c(-c4ccccc4)c4cc(-c5cccc6ccccc56)ccc34)cc21. The molecule has 0 radical (unpaired) electrons. The summed E-state index contributed by atoms with van der Waals surface area (Å²) >= 11 is 0. The zero-order chi connectivity index (χ0) is 30.1. The van der Waals surface area contributed by atoms with Gasteiger partial charge in [0.05, 0.1) is 0 Å². The van der Waals surface area contributed by atoms with Crippen LogP contribution in [0.5, 0.6) is 0 Å². The Morgan fingerprint density at radius 3 is 1.73 bits per heavy atom. The van der Waals surface area contributed by atoms with Gasteiger partial charge < -0.3 is 0 Å². The Kier molecular flexibility index (Phi) is 5.64. The molecule has 0 nitrogen and oxygen atoms in total. The van der Waals surface area contributed by atoms with Gasteiger partial charge in [0.25, 0.3) is 0 Å². The molecule has 0 amide bonds. The lowest BCUT2D eigenvalue weighted by Crippen LogP contribution is -2.14. The Balaban J connectivity index is 1.38. The number of benzene rings is 8. The molecule has 0 spiro atoms. The van der Waals surface area contributed by atoms with Crippen molar-refractivity contribution >= 4 is 32.3 Å². The van der Waals surface area contributed by atoms with Gasteiger partial charge in [0.1, 0.15) is 0 Å².